The van der Waals surface area contributed by atoms with Crippen LogP contribution in [-0.4, -0.2) is 54.3 Å². The number of aryl methyl sites for hydroxylation is 1. The Morgan fingerprint density at radius 2 is 1.50 bits per heavy atom. The average Bonchev–Trinajstić information content (AvgIpc) is 2.50. The van der Waals surface area contributed by atoms with E-state index >= 15 is 0 Å². The summed E-state index contributed by atoms with van der Waals surface area (Å²) in [5.74, 6) is 0.216. The van der Waals surface area contributed by atoms with Crippen molar-refractivity contribution in [3.05, 3.63) is 35.4 Å². The zero-order valence-electron chi connectivity index (χ0n) is 13.0. The van der Waals surface area contributed by atoms with E-state index in [2.05, 4.69) is 0 Å². The zero-order valence-corrected chi connectivity index (χ0v) is 13.8. The fourth-order valence-electron chi connectivity index (χ4n) is 2.48. The Morgan fingerprint density at radius 1 is 1.00 bits per heavy atom. The molecule has 6 heteroatoms. The number of nitrogens with two attached hydrogens (primary N) is 1. The molecule has 1 aliphatic rings. The number of hydrogen-bond acceptors (Lipinski definition) is 3. The molecule has 2 rings (SSSR count). The number of piperazine rings is 1. The van der Waals surface area contributed by atoms with Gasteiger partial charge in [-0.05, 0) is 12.5 Å². The molecule has 22 heavy (non-hydrogen) atoms. The maximum atomic E-state index is 12.3. The van der Waals surface area contributed by atoms with Crippen molar-refractivity contribution in [2.45, 2.75) is 19.8 Å². The predicted octanol–water partition coefficient (Wildman–Crippen LogP) is 0.979. The number of carbonyl (C=O) groups excluding carboxylic acids is 2. The second-order valence-corrected chi connectivity index (χ2v) is 5.46. The highest BCUT2D eigenvalue weighted by Crippen LogP contribution is 2.09. The summed E-state index contributed by atoms with van der Waals surface area (Å²) in [5.41, 5.74) is 7.62. The molecule has 5 nitrogen and oxygen atoms in total. The smallest absolute Gasteiger partial charge is 0.227 e. The minimum atomic E-state index is 0. The van der Waals surface area contributed by atoms with Crippen LogP contribution >= 0.6 is 12.4 Å². The molecule has 0 atom stereocenters. The Hall–Kier alpha value is -1.59. The Bertz CT molecular complexity index is 497. The first-order valence-electron chi connectivity index (χ1n) is 7.41. The van der Waals surface area contributed by atoms with Gasteiger partial charge in [-0.3, -0.25) is 9.59 Å². The third kappa shape index (κ3) is 5.00. The van der Waals surface area contributed by atoms with Gasteiger partial charge in [0.1, 0.15) is 0 Å². The third-order valence-corrected chi connectivity index (χ3v) is 3.82. The number of carbonyl (C=O) groups is 2. The van der Waals surface area contributed by atoms with Crippen LogP contribution in [0.2, 0.25) is 0 Å². The molecule has 0 saturated carbocycles. The molecule has 122 valence electrons. The zero-order chi connectivity index (χ0) is 15.2. The number of halogens is 1. The first kappa shape index (κ1) is 18.5. The van der Waals surface area contributed by atoms with Crippen LogP contribution in [0.25, 0.3) is 0 Å². The Kier molecular flexibility index (Phi) is 7.35. The number of hydrogen-bond donors (Lipinski definition) is 1. The van der Waals surface area contributed by atoms with Gasteiger partial charge in [-0.15, -0.1) is 12.4 Å². The van der Waals surface area contributed by atoms with Gasteiger partial charge in [-0.2, -0.15) is 0 Å². The lowest BCUT2D eigenvalue weighted by molar-refractivity contribution is -0.139. The maximum absolute atomic E-state index is 12.3. The molecule has 0 bridgehead atoms. The molecule has 1 heterocycles. The number of rotatable bonds is 4. The summed E-state index contributed by atoms with van der Waals surface area (Å²) in [6.45, 7) is 4.85. The van der Waals surface area contributed by atoms with Gasteiger partial charge in [-0.1, -0.05) is 29.8 Å². The largest absolute Gasteiger partial charge is 0.339 e. The van der Waals surface area contributed by atoms with E-state index in [1.54, 1.807) is 4.90 Å². The predicted molar refractivity (Wildman–Crippen MR) is 89.0 cm³/mol. The minimum Gasteiger partial charge on any atom is -0.339 e. The van der Waals surface area contributed by atoms with Gasteiger partial charge < -0.3 is 15.5 Å². The molecule has 0 aliphatic carbocycles. The van der Waals surface area contributed by atoms with Crippen LogP contribution < -0.4 is 5.73 Å². The van der Waals surface area contributed by atoms with Crippen molar-refractivity contribution in [3.8, 4) is 0 Å². The summed E-state index contributed by atoms with van der Waals surface area (Å²) in [4.78, 5) is 27.6. The first-order valence-corrected chi connectivity index (χ1v) is 7.41. The van der Waals surface area contributed by atoms with E-state index in [0.717, 1.165) is 5.56 Å². The van der Waals surface area contributed by atoms with E-state index < -0.39 is 0 Å². The molecule has 2 amide bonds. The molecular weight excluding hydrogens is 302 g/mol. The lowest BCUT2D eigenvalue weighted by Crippen LogP contribution is -2.51. The number of nitrogens with zero attached hydrogens (tertiary/aromatic N) is 2. The van der Waals surface area contributed by atoms with Crippen molar-refractivity contribution in [1.29, 1.82) is 0 Å². The Balaban J connectivity index is 0.00000242. The lowest BCUT2D eigenvalue weighted by atomic mass is 10.1. The lowest BCUT2D eigenvalue weighted by Gasteiger charge is -2.35. The van der Waals surface area contributed by atoms with Gasteiger partial charge in [0.25, 0.3) is 0 Å². The molecule has 0 unspecified atom stereocenters. The molecule has 1 fully saturated rings. The monoisotopic (exact) mass is 325 g/mol. The van der Waals surface area contributed by atoms with Crippen molar-refractivity contribution in [1.82, 2.24) is 9.80 Å². The van der Waals surface area contributed by atoms with Crippen LogP contribution in [0.1, 0.15) is 17.5 Å². The van der Waals surface area contributed by atoms with Gasteiger partial charge in [0.05, 0.1) is 6.42 Å². The van der Waals surface area contributed by atoms with Crippen LogP contribution in [0.4, 0.5) is 0 Å². The van der Waals surface area contributed by atoms with Crippen LogP contribution in [0.3, 0.4) is 0 Å². The first-order chi connectivity index (χ1) is 10.1. The summed E-state index contributed by atoms with van der Waals surface area (Å²) in [5, 5.41) is 0. The van der Waals surface area contributed by atoms with E-state index in [0.29, 0.717) is 45.6 Å². The Morgan fingerprint density at radius 3 is 2.00 bits per heavy atom. The van der Waals surface area contributed by atoms with Gasteiger partial charge in [0, 0.05) is 39.1 Å². The molecule has 1 aromatic rings. The van der Waals surface area contributed by atoms with E-state index in [1.165, 1.54) is 5.56 Å². The van der Waals surface area contributed by atoms with E-state index in [9.17, 15) is 9.59 Å². The average molecular weight is 326 g/mol. The standard InChI is InChI=1S/C16H23N3O2.ClH/c1-13-2-4-14(5-3-13)12-16(21)19-10-8-18(9-11-19)15(20)6-7-17;/h2-5H,6-12,17H2,1H3;1H. The maximum Gasteiger partial charge on any atom is 0.227 e. The molecule has 0 aromatic heterocycles. The normalized spacial score (nSPS) is 14.5. The fourth-order valence-corrected chi connectivity index (χ4v) is 2.48. The molecule has 1 aromatic carbocycles. The number of amides is 2. The van der Waals surface area contributed by atoms with E-state index in [4.69, 9.17) is 5.73 Å². The van der Waals surface area contributed by atoms with E-state index in [1.807, 2.05) is 36.1 Å². The number of benzene rings is 1. The van der Waals surface area contributed by atoms with Gasteiger partial charge in [0.2, 0.25) is 11.8 Å². The molecule has 1 aliphatic heterocycles. The van der Waals surface area contributed by atoms with Crippen molar-refractivity contribution in [3.63, 3.8) is 0 Å². The second kappa shape index (κ2) is 8.76. The summed E-state index contributed by atoms with van der Waals surface area (Å²) in [6, 6.07) is 8.03. The van der Waals surface area contributed by atoms with Crippen molar-refractivity contribution in [2.75, 3.05) is 32.7 Å². The van der Waals surface area contributed by atoms with E-state index in [-0.39, 0.29) is 24.2 Å². The second-order valence-electron chi connectivity index (χ2n) is 5.46. The highest BCUT2D eigenvalue weighted by atomic mass is 35.5. The van der Waals surface area contributed by atoms with Crippen molar-refractivity contribution in [2.24, 2.45) is 5.73 Å². The quantitative estimate of drug-likeness (QED) is 0.897. The molecular formula is C16H24ClN3O2. The summed E-state index contributed by atoms with van der Waals surface area (Å²) < 4.78 is 0. The highest BCUT2D eigenvalue weighted by Gasteiger charge is 2.23. The SMILES string of the molecule is Cc1ccc(CC(=O)N2CCN(C(=O)CCN)CC2)cc1.Cl. The van der Waals surface area contributed by atoms with Crippen molar-refractivity contribution >= 4 is 24.2 Å². The minimum absolute atomic E-state index is 0. The van der Waals surface area contributed by atoms with Crippen molar-refractivity contribution < 1.29 is 9.59 Å². The molecule has 2 N–H and O–H groups in total. The van der Waals surface area contributed by atoms with Gasteiger partial charge >= 0.3 is 0 Å². The summed E-state index contributed by atoms with van der Waals surface area (Å²) >= 11 is 0. The van der Waals surface area contributed by atoms with Gasteiger partial charge in [-0.25, -0.2) is 0 Å². The van der Waals surface area contributed by atoms with Crippen LogP contribution in [0.15, 0.2) is 24.3 Å². The van der Waals surface area contributed by atoms with Crippen LogP contribution in [0.5, 0.6) is 0 Å². The third-order valence-electron chi connectivity index (χ3n) is 3.82. The summed E-state index contributed by atoms with van der Waals surface area (Å²) in [6.07, 6.45) is 0.814. The molecule has 0 spiro atoms. The van der Waals surface area contributed by atoms with Crippen LogP contribution in [0, 0.1) is 6.92 Å². The molecule has 1 saturated heterocycles. The molecule has 0 radical (unpaired) electrons. The highest BCUT2D eigenvalue weighted by molar-refractivity contribution is 5.85. The van der Waals surface area contributed by atoms with Gasteiger partial charge in [0.15, 0.2) is 0 Å². The Labute approximate surface area is 137 Å². The fraction of sp³-hybridized carbons (Fsp3) is 0.500. The topological polar surface area (TPSA) is 66.6 Å². The summed E-state index contributed by atoms with van der Waals surface area (Å²) in [7, 11) is 0. The van der Waals surface area contributed by atoms with Crippen LogP contribution in [-0.2, 0) is 16.0 Å².